The average Bonchev–Trinajstić information content (AvgIpc) is 2.48. The highest BCUT2D eigenvalue weighted by molar-refractivity contribution is 6.08. The van der Waals surface area contributed by atoms with E-state index in [1.165, 1.54) is 6.07 Å². The summed E-state index contributed by atoms with van der Waals surface area (Å²) in [6, 6.07) is 12.0. The van der Waals surface area contributed by atoms with Gasteiger partial charge in [-0.3, -0.25) is 4.79 Å². The fourth-order valence-electron chi connectivity index (χ4n) is 2.01. The molecule has 0 unspecified atom stereocenters. The molecule has 0 spiro atoms. The Morgan fingerprint density at radius 2 is 1.90 bits per heavy atom. The van der Waals surface area contributed by atoms with Crippen molar-refractivity contribution in [2.45, 2.75) is 20.3 Å². The van der Waals surface area contributed by atoms with Gasteiger partial charge in [0.2, 0.25) is 0 Å². The standard InChI is InChI=1S/C17H19FN2O/c1-3-10-19-15-7-5-4-6-13(15)17(21)20-16-9-8-12(2)11-14(16)18/h4-9,11,19H,3,10H2,1-2H3,(H,20,21). The minimum Gasteiger partial charge on any atom is -0.384 e. The number of hydrogen-bond acceptors (Lipinski definition) is 2. The monoisotopic (exact) mass is 286 g/mol. The first kappa shape index (κ1) is 15.0. The zero-order valence-corrected chi connectivity index (χ0v) is 12.2. The van der Waals surface area contributed by atoms with Crippen molar-refractivity contribution in [1.29, 1.82) is 0 Å². The molecule has 0 aliphatic rings. The van der Waals surface area contributed by atoms with Crippen LogP contribution in [0.4, 0.5) is 15.8 Å². The van der Waals surface area contributed by atoms with Gasteiger partial charge >= 0.3 is 0 Å². The Labute approximate surface area is 124 Å². The lowest BCUT2D eigenvalue weighted by Gasteiger charge is -2.12. The second-order valence-corrected chi connectivity index (χ2v) is 4.91. The van der Waals surface area contributed by atoms with Crippen LogP contribution in [0.15, 0.2) is 42.5 Å². The molecule has 3 nitrogen and oxygen atoms in total. The van der Waals surface area contributed by atoms with Gasteiger partial charge in [-0.15, -0.1) is 0 Å². The molecule has 0 aliphatic heterocycles. The third-order valence-electron chi connectivity index (χ3n) is 3.11. The summed E-state index contributed by atoms with van der Waals surface area (Å²) in [6.07, 6.45) is 0.961. The fraction of sp³-hybridized carbons (Fsp3) is 0.235. The summed E-state index contributed by atoms with van der Waals surface area (Å²) in [4.78, 5) is 12.3. The van der Waals surface area contributed by atoms with Gasteiger partial charge in [-0.1, -0.05) is 25.1 Å². The maximum atomic E-state index is 13.8. The van der Waals surface area contributed by atoms with E-state index in [-0.39, 0.29) is 11.6 Å². The maximum absolute atomic E-state index is 13.8. The molecule has 2 rings (SSSR count). The Bertz CT molecular complexity index is 640. The summed E-state index contributed by atoms with van der Waals surface area (Å²) in [7, 11) is 0. The number of carbonyl (C=O) groups excluding carboxylic acids is 1. The summed E-state index contributed by atoms with van der Waals surface area (Å²) >= 11 is 0. The van der Waals surface area contributed by atoms with E-state index >= 15 is 0 Å². The van der Waals surface area contributed by atoms with E-state index in [1.807, 2.05) is 12.1 Å². The summed E-state index contributed by atoms with van der Waals surface area (Å²) in [5, 5.41) is 5.82. The summed E-state index contributed by atoms with van der Waals surface area (Å²) < 4.78 is 13.8. The average molecular weight is 286 g/mol. The highest BCUT2D eigenvalue weighted by Crippen LogP contribution is 2.20. The number of aryl methyl sites for hydroxylation is 1. The van der Waals surface area contributed by atoms with Gasteiger partial charge in [0.1, 0.15) is 5.82 Å². The van der Waals surface area contributed by atoms with Gasteiger partial charge in [0.05, 0.1) is 11.3 Å². The lowest BCUT2D eigenvalue weighted by Crippen LogP contribution is -2.16. The quantitative estimate of drug-likeness (QED) is 0.864. The van der Waals surface area contributed by atoms with Gasteiger partial charge in [-0.25, -0.2) is 4.39 Å². The highest BCUT2D eigenvalue weighted by Gasteiger charge is 2.12. The molecule has 2 N–H and O–H groups in total. The third-order valence-corrected chi connectivity index (χ3v) is 3.11. The first-order valence-electron chi connectivity index (χ1n) is 7.02. The fourth-order valence-corrected chi connectivity index (χ4v) is 2.01. The smallest absolute Gasteiger partial charge is 0.257 e. The lowest BCUT2D eigenvalue weighted by atomic mass is 10.1. The predicted octanol–water partition coefficient (Wildman–Crippen LogP) is 4.21. The van der Waals surface area contributed by atoms with E-state index in [4.69, 9.17) is 0 Å². The molecule has 0 aliphatic carbocycles. The summed E-state index contributed by atoms with van der Waals surface area (Å²) in [5.74, 6) is -0.751. The van der Waals surface area contributed by atoms with Crippen LogP contribution in [0.2, 0.25) is 0 Å². The van der Waals surface area contributed by atoms with Crippen molar-refractivity contribution in [3.63, 3.8) is 0 Å². The first-order valence-corrected chi connectivity index (χ1v) is 7.02. The molecular weight excluding hydrogens is 267 g/mol. The Hall–Kier alpha value is -2.36. The van der Waals surface area contributed by atoms with Crippen molar-refractivity contribution >= 4 is 17.3 Å². The van der Waals surface area contributed by atoms with Crippen LogP contribution in [-0.4, -0.2) is 12.5 Å². The van der Waals surface area contributed by atoms with Crippen LogP contribution in [0.25, 0.3) is 0 Å². The van der Waals surface area contributed by atoms with Crippen LogP contribution in [-0.2, 0) is 0 Å². The normalized spacial score (nSPS) is 10.2. The molecular formula is C17H19FN2O. The van der Waals surface area contributed by atoms with E-state index in [9.17, 15) is 9.18 Å². The van der Waals surface area contributed by atoms with Crippen LogP contribution in [0, 0.1) is 12.7 Å². The Morgan fingerprint density at radius 1 is 1.14 bits per heavy atom. The molecule has 0 heterocycles. The number of rotatable bonds is 5. The van der Waals surface area contributed by atoms with Crippen LogP contribution in [0.3, 0.4) is 0 Å². The number of nitrogens with one attached hydrogen (secondary N) is 2. The Morgan fingerprint density at radius 3 is 2.62 bits per heavy atom. The van der Waals surface area contributed by atoms with Crippen molar-refractivity contribution in [1.82, 2.24) is 0 Å². The van der Waals surface area contributed by atoms with Gasteiger partial charge in [-0.2, -0.15) is 0 Å². The zero-order chi connectivity index (χ0) is 15.2. The second kappa shape index (κ2) is 6.88. The number of amides is 1. The molecule has 21 heavy (non-hydrogen) atoms. The second-order valence-electron chi connectivity index (χ2n) is 4.91. The molecule has 0 radical (unpaired) electrons. The lowest BCUT2D eigenvalue weighted by molar-refractivity contribution is 0.102. The van der Waals surface area contributed by atoms with Gasteiger partial charge in [0.25, 0.3) is 5.91 Å². The minimum absolute atomic E-state index is 0.191. The minimum atomic E-state index is -0.428. The van der Waals surface area contributed by atoms with Crippen molar-refractivity contribution in [2.75, 3.05) is 17.2 Å². The number of benzene rings is 2. The van der Waals surface area contributed by atoms with E-state index < -0.39 is 5.82 Å². The van der Waals surface area contributed by atoms with Gasteiger partial charge < -0.3 is 10.6 Å². The molecule has 2 aromatic carbocycles. The molecule has 0 aromatic heterocycles. The first-order chi connectivity index (χ1) is 10.1. The van der Waals surface area contributed by atoms with Crippen molar-refractivity contribution < 1.29 is 9.18 Å². The van der Waals surface area contributed by atoms with Gasteiger partial charge in [0.15, 0.2) is 0 Å². The summed E-state index contributed by atoms with van der Waals surface area (Å²) in [6.45, 7) is 4.64. The molecule has 4 heteroatoms. The molecule has 0 saturated heterocycles. The van der Waals surface area contributed by atoms with E-state index in [1.54, 1.807) is 31.2 Å². The molecule has 0 bridgehead atoms. The number of hydrogen-bond donors (Lipinski definition) is 2. The number of halogens is 1. The Kier molecular flexibility index (Phi) is 4.93. The molecule has 2 aromatic rings. The van der Waals surface area contributed by atoms with Gasteiger partial charge in [-0.05, 0) is 43.2 Å². The van der Waals surface area contributed by atoms with Crippen molar-refractivity contribution in [2.24, 2.45) is 0 Å². The Balaban J connectivity index is 2.20. The SMILES string of the molecule is CCCNc1ccccc1C(=O)Nc1ccc(C)cc1F. The largest absolute Gasteiger partial charge is 0.384 e. The van der Waals surface area contributed by atoms with E-state index in [2.05, 4.69) is 17.6 Å². The third kappa shape index (κ3) is 3.81. The van der Waals surface area contributed by atoms with Crippen molar-refractivity contribution in [3.05, 3.63) is 59.4 Å². The zero-order valence-electron chi connectivity index (χ0n) is 12.2. The van der Waals surface area contributed by atoms with E-state index in [0.29, 0.717) is 5.56 Å². The van der Waals surface area contributed by atoms with Crippen molar-refractivity contribution in [3.8, 4) is 0 Å². The molecule has 110 valence electrons. The number of anilines is 2. The molecule has 0 saturated carbocycles. The molecule has 1 amide bonds. The van der Waals surface area contributed by atoms with E-state index in [0.717, 1.165) is 24.2 Å². The van der Waals surface area contributed by atoms with Gasteiger partial charge in [0, 0.05) is 12.2 Å². The number of carbonyl (C=O) groups is 1. The predicted molar refractivity (Wildman–Crippen MR) is 84.3 cm³/mol. The number of para-hydroxylation sites is 1. The molecule has 0 atom stereocenters. The topological polar surface area (TPSA) is 41.1 Å². The summed E-state index contributed by atoms with van der Waals surface area (Å²) in [5.41, 5.74) is 2.27. The van der Waals surface area contributed by atoms with Crippen LogP contribution < -0.4 is 10.6 Å². The van der Waals surface area contributed by atoms with Crippen LogP contribution in [0.1, 0.15) is 29.3 Å². The van der Waals surface area contributed by atoms with Crippen LogP contribution >= 0.6 is 0 Å². The molecule has 0 fully saturated rings. The highest BCUT2D eigenvalue weighted by atomic mass is 19.1. The van der Waals surface area contributed by atoms with Crippen LogP contribution in [0.5, 0.6) is 0 Å². The maximum Gasteiger partial charge on any atom is 0.257 e.